The van der Waals surface area contributed by atoms with E-state index in [1.165, 1.54) is 55.6 Å². The number of amides is 1. The predicted molar refractivity (Wildman–Crippen MR) is 524 cm³/mol. The number of rotatable bonds is 53. The Morgan fingerprint density at radius 1 is 0.322 bits per heavy atom. The molecule has 0 aliphatic carbocycles. The third-order valence-corrected chi connectivity index (χ3v) is 30.8. The molecule has 0 saturated heterocycles. The maximum Gasteiger partial charge on any atom is 1.00 e. The molecule has 10 aromatic rings. The number of carboxylic acid groups (broad SMARTS) is 4. The van der Waals surface area contributed by atoms with Crippen LogP contribution in [-0.4, -0.2) is 112 Å². The van der Waals surface area contributed by atoms with Gasteiger partial charge in [-0.05, 0) is 168 Å². The van der Waals surface area contributed by atoms with Gasteiger partial charge in [-0.2, -0.15) is 59.7 Å². The Morgan fingerprint density at radius 3 is 0.843 bits per heavy atom. The summed E-state index contributed by atoms with van der Waals surface area (Å²) in [4.78, 5) is 53.8. The molecule has 0 spiro atoms. The second-order valence-corrected chi connectivity index (χ2v) is 39.3. The Kier molecular flexibility index (Phi) is 51.9. The molecule has 0 aromatic heterocycles. The van der Waals surface area contributed by atoms with Gasteiger partial charge in [-0.15, -0.1) is 35.3 Å². The van der Waals surface area contributed by atoms with Crippen molar-refractivity contribution in [2.24, 2.45) is 5.73 Å². The summed E-state index contributed by atoms with van der Waals surface area (Å²) in [7, 11) is 0. The molecule has 0 heterocycles. The van der Waals surface area contributed by atoms with E-state index in [0.29, 0.717) is 22.2 Å². The Labute approximate surface area is 781 Å². The number of hydrogen-bond donors (Lipinski definition) is 6. The third kappa shape index (κ3) is 37.2. The zero-order valence-electron chi connectivity index (χ0n) is 71.7. The van der Waals surface area contributed by atoms with Gasteiger partial charge >= 0.3 is 53.4 Å². The van der Waals surface area contributed by atoms with E-state index >= 15 is 0 Å². The molecule has 640 valence electrons. The van der Waals surface area contributed by atoms with Gasteiger partial charge in [0, 0.05) is 64.6 Å². The first kappa shape index (κ1) is 103. The largest absolute Gasteiger partial charge is 1.00 e. The van der Waals surface area contributed by atoms with Gasteiger partial charge in [-0.3, -0.25) is 24.0 Å². The summed E-state index contributed by atoms with van der Waals surface area (Å²) >= 11 is 18.4. The van der Waals surface area contributed by atoms with Gasteiger partial charge in [0.1, 0.15) is 0 Å². The van der Waals surface area contributed by atoms with Crippen LogP contribution >= 0.6 is 95.0 Å². The second kappa shape index (κ2) is 60.8. The fourth-order valence-corrected chi connectivity index (χ4v) is 24.6. The first-order valence-corrected chi connectivity index (χ1v) is 50.2. The molecule has 0 aliphatic heterocycles. The molecular weight excluding hydrogens is 1660 g/mol. The molecule has 0 bridgehead atoms. The molecule has 6 N–H and O–H groups in total. The number of carbonyl (C=O) groups is 5. The molecule has 0 aliphatic rings. The van der Waals surface area contributed by atoms with Crippen molar-refractivity contribution in [2.45, 2.75) is 183 Å². The fourth-order valence-electron chi connectivity index (χ4n) is 14.6. The van der Waals surface area contributed by atoms with Crippen molar-refractivity contribution in [1.29, 1.82) is 0 Å². The van der Waals surface area contributed by atoms with E-state index in [2.05, 4.69) is 310 Å². The molecule has 19 heteroatoms. The van der Waals surface area contributed by atoms with Gasteiger partial charge in [-0.1, -0.05) is 336 Å². The SMILES string of the molecule is CCSC(CCCCC(=O)O)CCSC(c1ccccc1)(c1ccccc1)c1ccccc1.CSC(CCCCC(=O)O)CCSC(c1ccccc1)(c1ccccc1)c1ccccc1.NC(=O)CCSC(CCCCC(=O)O)CCSCc1ccccc1.O=C(O)CCCCC(S)CCSC(c1ccccc1)(c1ccccc1)c1ccccc1.[H-].[Na+]. The van der Waals surface area contributed by atoms with Crippen LogP contribution in [0.15, 0.2) is 303 Å². The molecule has 10 nitrogen and oxygen atoms in total. The van der Waals surface area contributed by atoms with Crippen LogP contribution in [0.4, 0.5) is 0 Å². The average Bonchev–Trinajstić information content (AvgIpc) is 0.771. The zero-order chi connectivity index (χ0) is 85.6. The van der Waals surface area contributed by atoms with Crippen molar-refractivity contribution in [3.63, 3.8) is 0 Å². The van der Waals surface area contributed by atoms with Crippen molar-refractivity contribution in [3.05, 3.63) is 359 Å². The van der Waals surface area contributed by atoms with Crippen LogP contribution < -0.4 is 35.3 Å². The summed E-state index contributed by atoms with van der Waals surface area (Å²) in [5.41, 5.74) is 18.1. The number of nitrogens with two attached hydrogens (primary N) is 1. The summed E-state index contributed by atoms with van der Waals surface area (Å²) in [6.45, 7) is 2.21. The average molecular weight is 1790 g/mol. The molecule has 0 fully saturated rings. The number of carbonyl (C=O) groups excluding carboxylic acids is 1. The molecular formula is C102H124NNaO9S8. The summed E-state index contributed by atoms with van der Waals surface area (Å²) < 4.78 is -0.828. The Balaban J connectivity index is 0.000000290. The topological polar surface area (TPSA) is 192 Å². The number of thioether (sulfide) groups is 7. The van der Waals surface area contributed by atoms with Crippen molar-refractivity contribution < 1.29 is 75.4 Å². The smallest absolute Gasteiger partial charge is 1.00 e. The van der Waals surface area contributed by atoms with Crippen LogP contribution in [0.3, 0.4) is 0 Å². The maximum absolute atomic E-state index is 10.9. The Morgan fingerprint density at radius 2 is 0.570 bits per heavy atom. The number of hydrogen-bond acceptors (Lipinski definition) is 13. The van der Waals surface area contributed by atoms with Gasteiger partial charge in [0.15, 0.2) is 0 Å². The Bertz CT molecular complexity index is 4110. The number of aliphatic carboxylic acids is 4. The fraction of sp³-hybridized carbons (Fsp3) is 0.363. The van der Waals surface area contributed by atoms with Gasteiger partial charge in [0.2, 0.25) is 5.91 Å². The quantitative estimate of drug-likeness (QED) is 0.00912. The van der Waals surface area contributed by atoms with Crippen LogP contribution in [0.5, 0.6) is 0 Å². The first-order chi connectivity index (χ1) is 58.5. The summed E-state index contributed by atoms with van der Waals surface area (Å²) in [6.07, 6.45) is 18.8. The van der Waals surface area contributed by atoms with Crippen LogP contribution in [-0.2, 0) is 44.0 Å². The minimum absolute atomic E-state index is 0. The molecule has 0 radical (unpaired) electrons. The van der Waals surface area contributed by atoms with Crippen molar-refractivity contribution in [2.75, 3.05) is 40.8 Å². The minimum Gasteiger partial charge on any atom is -1.00 e. The van der Waals surface area contributed by atoms with Crippen LogP contribution in [0, 0.1) is 0 Å². The van der Waals surface area contributed by atoms with E-state index in [9.17, 15) is 24.0 Å². The number of unbranched alkanes of at least 4 members (excludes halogenated alkanes) is 4. The molecule has 10 rings (SSSR count). The van der Waals surface area contributed by atoms with E-state index in [0.717, 1.165) is 143 Å². The molecule has 1 amide bonds. The van der Waals surface area contributed by atoms with Crippen molar-refractivity contribution in [3.8, 4) is 0 Å². The van der Waals surface area contributed by atoms with Crippen LogP contribution in [0.2, 0.25) is 0 Å². The number of thiol groups is 1. The van der Waals surface area contributed by atoms with Crippen LogP contribution in [0.1, 0.15) is 199 Å². The number of carboxylic acids is 4. The summed E-state index contributed by atoms with van der Waals surface area (Å²) in [5.74, 6) is 3.87. The number of primary amides is 1. The Hall–Kier alpha value is -6.65. The van der Waals surface area contributed by atoms with Crippen molar-refractivity contribution in [1.82, 2.24) is 0 Å². The summed E-state index contributed by atoms with van der Waals surface area (Å²) in [6, 6.07) is 108. The second-order valence-electron chi connectivity index (χ2n) is 29.4. The van der Waals surface area contributed by atoms with Gasteiger partial charge in [-0.25, -0.2) is 0 Å². The van der Waals surface area contributed by atoms with Gasteiger partial charge in [0.25, 0.3) is 0 Å². The van der Waals surface area contributed by atoms with E-state index in [4.69, 9.17) is 38.8 Å². The zero-order valence-corrected chi connectivity index (χ0v) is 79.3. The monoisotopic (exact) mass is 1790 g/mol. The number of benzene rings is 10. The van der Waals surface area contributed by atoms with E-state index < -0.39 is 23.9 Å². The minimum atomic E-state index is -0.730. The van der Waals surface area contributed by atoms with Gasteiger partial charge in [0.05, 0.1) is 14.2 Å². The standard InChI is InChI=1S/C29H34O2S2.C28H32O2S2.C27H30O2S2.C18H27NO3S2.Na.H/c1-2-32-27(20-12-13-21-28(30)31)22-23-33-29(24-14-6-3-7-15-24,25-16-8-4-9-17-25)26-18-10-5-11-19-26;1-31-26(19-11-12-20-27(29)30)21-22-32-28(23-13-5-2-6-14-23,24-15-7-3-8-16-24)25-17-9-4-10-18-25;28-26(29)19-11-10-18-25(30)20-21-31-27(22-12-4-1-5-13-22,23-14-6-2-7-15-23)24-16-8-3-9-17-24;19-17(20)11-13-24-16(8-4-5-9-18(21)22)10-12-23-14-15-6-2-1-3-7-15;;/h3-11,14-19,27H,2,12-13,20-23H2,1H3,(H,30,31);2-10,13-18,26H,11-12,19-22H2,1H3,(H,29,30);1-9,12-17,25,30H,10-11,18-21H2,(H,28,29);1-3,6-7,16H,4-5,8-14H2,(H2,19,20)(H,21,22);;/q;;;;+1;-1. The normalized spacial score (nSPS) is 12.2. The van der Waals surface area contributed by atoms with E-state index in [-0.39, 0.29) is 82.1 Å². The first-order valence-electron chi connectivity index (χ1n) is 42.2. The van der Waals surface area contributed by atoms with Gasteiger partial charge < -0.3 is 27.6 Å². The molecule has 0 saturated carbocycles. The van der Waals surface area contributed by atoms with Crippen LogP contribution in [0.25, 0.3) is 0 Å². The molecule has 121 heavy (non-hydrogen) atoms. The summed E-state index contributed by atoms with van der Waals surface area (Å²) in [5, 5.41) is 37.2. The third-order valence-electron chi connectivity index (χ3n) is 20.7. The van der Waals surface area contributed by atoms with Crippen molar-refractivity contribution >= 4 is 125 Å². The molecule has 4 atom stereocenters. The molecule has 10 aromatic carbocycles. The van der Waals surface area contributed by atoms with E-state index in [1.54, 1.807) is 11.8 Å². The molecule has 4 unspecified atom stereocenters. The predicted octanol–water partition coefficient (Wildman–Crippen LogP) is 23.4. The maximum atomic E-state index is 10.9. The van der Waals surface area contributed by atoms with E-state index in [1.807, 2.05) is 76.6 Å².